The Labute approximate surface area is 183 Å². The van der Waals surface area contributed by atoms with Crippen LogP contribution in [0.4, 0.5) is 5.82 Å². The number of aromatic nitrogens is 1. The van der Waals surface area contributed by atoms with Crippen LogP contribution in [0.5, 0.6) is 0 Å². The predicted molar refractivity (Wildman–Crippen MR) is 124 cm³/mol. The number of hydrogen-bond acceptors (Lipinski definition) is 5. The molecule has 0 saturated carbocycles. The van der Waals surface area contributed by atoms with Gasteiger partial charge in [0.1, 0.15) is 5.82 Å². The molecular weight excluding hydrogens is 396 g/mol. The van der Waals surface area contributed by atoms with Crippen molar-refractivity contribution < 1.29 is 9.59 Å². The number of nitrogens with zero attached hydrogens (tertiary/aromatic N) is 3. The minimum absolute atomic E-state index is 0.0883. The van der Waals surface area contributed by atoms with Crippen molar-refractivity contribution in [3.63, 3.8) is 0 Å². The van der Waals surface area contributed by atoms with Gasteiger partial charge in [-0.2, -0.15) is 11.8 Å². The molecule has 3 rings (SSSR count). The molecule has 1 aliphatic heterocycles. The maximum atomic E-state index is 12.9. The molecule has 2 aromatic rings. The summed E-state index contributed by atoms with van der Waals surface area (Å²) in [6.45, 7) is 9.56. The van der Waals surface area contributed by atoms with Gasteiger partial charge >= 0.3 is 0 Å². The Balaban J connectivity index is 1.53. The normalized spacial score (nSPS) is 14.0. The second kappa shape index (κ2) is 10.5. The van der Waals surface area contributed by atoms with Crippen LogP contribution in [0.15, 0.2) is 36.5 Å². The number of aryl methyl sites for hydroxylation is 2. The van der Waals surface area contributed by atoms with Crippen LogP contribution in [-0.4, -0.2) is 65.9 Å². The Morgan fingerprint density at radius 3 is 2.50 bits per heavy atom. The molecule has 2 heterocycles. The first-order valence-electron chi connectivity index (χ1n) is 10.4. The zero-order valence-corrected chi connectivity index (χ0v) is 18.8. The Morgan fingerprint density at radius 2 is 1.87 bits per heavy atom. The smallest absolute Gasteiger partial charge is 0.254 e. The fourth-order valence-electron chi connectivity index (χ4n) is 3.55. The van der Waals surface area contributed by atoms with E-state index in [4.69, 9.17) is 0 Å². The van der Waals surface area contributed by atoms with E-state index in [9.17, 15) is 9.59 Å². The number of carbonyl (C=O) groups is 2. The molecule has 0 spiro atoms. The predicted octanol–water partition coefficient (Wildman–Crippen LogP) is 3.14. The van der Waals surface area contributed by atoms with Gasteiger partial charge in [-0.25, -0.2) is 4.98 Å². The third-order valence-corrected chi connectivity index (χ3v) is 6.15. The van der Waals surface area contributed by atoms with Gasteiger partial charge in [0.2, 0.25) is 0 Å². The molecule has 0 unspecified atom stereocenters. The number of amides is 2. The second-order valence-electron chi connectivity index (χ2n) is 7.46. The molecule has 0 bridgehead atoms. The molecular formula is C23H30N4O2S. The van der Waals surface area contributed by atoms with Gasteiger partial charge in [-0.1, -0.05) is 24.6 Å². The summed E-state index contributed by atoms with van der Waals surface area (Å²) in [5, 5.41) is 2.92. The van der Waals surface area contributed by atoms with Crippen molar-refractivity contribution in [3.05, 3.63) is 58.8 Å². The average molecular weight is 427 g/mol. The molecule has 7 heteroatoms. The summed E-state index contributed by atoms with van der Waals surface area (Å²) < 4.78 is 0. The lowest BCUT2D eigenvalue weighted by Crippen LogP contribution is -2.49. The topological polar surface area (TPSA) is 65.5 Å². The molecule has 2 amide bonds. The minimum atomic E-state index is -0.0883. The minimum Gasteiger partial charge on any atom is -0.353 e. The number of anilines is 1. The van der Waals surface area contributed by atoms with Gasteiger partial charge in [-0.05, 0) is 43.4 Å². The molecule has 1 saturated heterocycles. The van der Waals surface area contributed by atoms with E-state index in [1.807, 2.05) is 49.1 Å². The Morgan fingerprint density at radius 1 is 1.10 bits per heavy atom. The highest BCUT2D eigenvalue weighted by Gasteiger charge is 2.24. The highest BCUT2D eigenvalue weighted by Crippen LogP contribution is 2.18. The molecule has 30 heavy (non-hydrogen) atoms. The molecule has 1 aliphatic rings. The average Bonchev–Trinajstić information content (AvgIpc) is 2.76. The van der Waals surface area contributed by atoms with Crippen molar-refractivity contribution in [2.24, 2.45) is 0 Å². The van der Waals surface area contributed by atoms with E-state index < -0.39 is 0 Å². The quantitative estimate of drug-likeness (QED) is 0.689. The van der Waals surface area contributed by atoms with Crippen LogP contribution in [-0.2, 0) is 0 Å². The Bertz CT molecular complexity index is 877. The number of hydrogen-bond donors (Lipinski definition) is 1. The molecule has 1 aromatic carbocycles. The molecule has 1 N–H and O–H groups in total. The number of piperazine rings is 1. The summed E-state index contributed by atoms with van der Waals surface area (Å²) in [5.41, 5.74) is 3.53. The Kier molecular flexibility index (Phi) is 7.74. The summed E-state index contributed by atoms with van der Waals surface area (Å²) in [7, 11) is 0. The van der Waals surface area contributed by atoms with Crippen molar-refractivity contribution in [1.82, 2.24) is 15.2 Å². The maximum absolute atomic E-state index is 12.9. The first kappa shape index (κ1) is 22.2. The first-order chi connectivity index (χ1) is 14.5. The van der Waals surface area contributed by atoms with Gasteiger partial charge < -0.3 is 15.1 Å². The van der Waals surface area contributed by atoms with E-state index in [0.29, 0.717) is 25.2 Å². The van der Waals surface area contributed by atoms with E-state index in [1.165, 1.54) is 0 Å². The number of carbonyl (C=O) groups excluding carboxylic acids is 2. The molecule has 6 nitrogen and oxygen atoms in total. The van der Waals surface area contributed by atoms with E-state index in [-0.39, 0.29) is 11.8 Å². The fraction of sp³-hybridized carbons (Fsp3) is 0.435. The third kappa shape index (κ3) is 5.53. The van der Waals surface area contributed by atoms with E-state index in [0.717, 1.165) is 47.1 Å². The number of pyridine rings is 1. The lowest BCUT2D eigenvalue weighted by atomic mass is 10.0. The monoisotopic (exact) mass is 426 g/mol. The molecule has 0 radical (unpaired) electrons. The van der Waals surface area contributed by atoms with Gasteiger partial charge in [0.25, 0.3) is 11.8 Å². The number of thioether (sulfide) groups is 1. The zero-order valence-electron chi connectivity index (χ0n) is 18.0. The number of benzene rings is 1. The van der Waals surface area contributed by atoms with Crippen LogP contribution in [0.3, 0.4) is 0 Å². The fourth-order valence-corrected chi connectivity index (χ4v) is 4.09. The van der Waals surface area contributed by atoms with Crippen LogP contribution in [0, 0.1) is 13.8 Å². The molecule has 1 fully saturated rings. The highest BCUT2D eigenvalue weighted by molar-refractivity contribution is 7.99. The molecule has 1 aromatic heterocycles. The summed E-state index contributed by atoms with van der Waals surface area (Å²) in [6.07, 6.45) is 1.63. The van der Waals surface area contributed by atoms with Gasteiger partial charge in [0.05, 0.1) is 5.56 Å². The highest BCUT2D eigenvalue weighted by atomic mass is 32.2. The van der Waals surface area contributed by atoms with Crippen LogP contribution in [0.25, 0.3) is 0 Å². The van der Waals surface area contributed by atoms with Crippen LogP contribution in [0.1, 0.15) is 38.8 Å². The van der Waals surface area contributed by atoms with E-state index >= 15 is 0 Å². The first-order valence-corrected chi connectivity index (χ1v) is 11.6. The summed E-state index contributed by atoms with van der Waals surface area (Å²) in [5.74, 6) is 2.81. The van der Waals surface area contributed by atoms with Crippen LogP contribution >= 0.6 is 11.8 Å². The van der Waals surface area contributed by atoms with Crippen molar-refractivity contribution in [1.29, 1.82) is 0 Å². The van der Waals surface area contributed by atoms with Crippen LogP contribution < -0.4 is 10.2 Å². The van der Waals surface area contributed by atoms with Gasteiger partial charge in [0.15, 0.2) is 0 Å². The standard InChI is InChI=1S/C23H30N4O2S/c1-4-30-14-9-24-22(28)19-6-8-21(25-16-19)26-10-12-27(13-11-26)23(29)20-7-5-17(2)15-18(20)3/h5-8,15-16H,4,9-14H2,1-3H3,(H,24,28). The molecule has 0 atom stereocenters. The zero-order chi connectivity index (χ0) is 21.5. The summed E-state index contributed by atoms with van der Waals surface area (Å²) in [4.78, 5) is 33.6. The van der Waals surface area contributed by atoms with Gasteiger partial charge in [-0.15, -0.1) is 0 Å². The second-order valence-corrected chi connectivity index (χ2v) is 8.85. The lowest BCUT2D eigenvalue weighted by molar-refractivity contribution is 0.0745. The SMILES string of the molecule is CCSCCNC(=O)c1ccc(N2CCN(C(=O)c3ccc(C)cc3C)CC2)nc1. The van der Waals surface area contributed by atoms with Crippen LogP contribution in [0.2, 0.25) is 0 Å². The van der Waals surface area contributed by atoms with Crippen molar-refractivity contribution in [2.45, 2.75) is 20.8 Å². The van der Waals surface area contributed by atoms with Gasteiger partial charge in [-0.3, -0.25) is 9.59 Å². The van der Waals surface area contributed by atoms with E-state index in [2.05, 4.69) is 22.1 Å². The summed E-state index contributed by atoms with van der Waals surface area (Å²) in [6, 6.07) is 9.66. The Hall–Kier alpha value is -2.54. The summed E-state index contributed by atoms with van der Waals surface area (Å²) >= 11 is 1.80. The van der Waals surface area contributed by atoms with E-state index in [1.54, 1.807) is 18.0 Å². The van der Waals surface area contributed by atoms with Crippen molar-refractivity contribution >= 4 is 29.4 Å². The molecule has 160 valence electrons. The number of rotatable bonds is 7. The number of nitrogens with one attached hydrogen (secondary N) is 1. The van der Waals surface area contributed by atoms with Gasteiger partial charge in [0, 0.05) is 50.2 Å². The largest absolute Gasteiger partial charge is 0.353 e. The maximum Gasteiger partial charge on any atom is 0.254 e. The third-order valence-electron chi connectivity index (χ3n) is 5.25. The molecule has 0 aliphatic carbocycles. The van der Waals surface area contributed by atoms with Crippen molar-refractivity contribution in [3.8, 4) is 0 Å². The van der Waals surface area contributed by atoms with Crippen molar-refractivity contribution in [2.75, 3.05) is 49.1 Å². The lowest BCUT2D eigenvalue weighted by Gasteiger charge is -2.35.